The number of carbonyl (C=O) groups excluding carboxylic acids is 1. The second-order valence-corrected chi connectivity index (χ2v) is 17.2. The molecule has 2 heterocycles. The molecule has 0 aliphatic carbocycles. The van der Waals surface area contributed by atoms with Gasteiger partial charge in [0, 0.05) is 35.0 Å². The fraction of sp³-hybridized carbons (Fsp3) is 0.520. The third-order valence-electron chi connectivity index (χ3n) is 11.5. The minimum absolute atomic E-state index is 0.122. The summed E-state index contributed by atoms with van der Waals surface area (Å²) in [6, 6.07) is 22.4. The van der Waals surface area contributed by atoms with Gasteiger partial charge in [-0.25, -0.2) is 0 Å². The zero-order chi connectivity index (χ0) is 41.8. The van der Waals surface area contributed by atoms with Crippen molar-refractivity contribution in [1.82, 2.24) is 4.98 Å². The Labute approximate surface area is 353 Å². The lowest BCUT2D eigenvalue weighted by molar-refractivity contribution is -0.935. The van der Waals surface area contributed by atoms with Gasteiger partial charge in [-0.15, -0.1) is 0 Å². The summed E-state index contributed by atoms with van der Waals surface area (Å²) in [6.07, 6.45) is 21.8. The summed E-state index contributed by atoms with van der Waals surface area (Å²) in [5.41, 5.74) is 4.25. The Bertz CT molecular complexity index is 1860. The number of nitrogens with zero attached hydrogens (tertiary/aromatic N) is 2. The summed E-state index contributed by atoms with van der Waals surface area (Å²) in [7, 11) is 1.68. The lowest BCUT2D eigenvalue weighted by Crippen LogP contribution is -2.57. The molecule has 0 saturated carbocycles. The molecule has 1 N–H and O–H groups in total. The Morgan fingerprint density at radius 2 is 1.37 bits per heavy atom. The van der Waals surface area contributed by atoms with Gasteiger partial charge in [0.15, 0.2) is 11.5 Å². The van der Waals surface area contributed by atoms with E-state index in [4.69, 9.17) is 18.9 Å². The molecular formula is C50H69N3O6. The van der Waals surface area contributed by atoms with Crippen LogP contribution in [-0.2, 0) is 14.9 Å². The van der Waals surface area contributed by atoms with Crippen molar-refractivity contribution in [2.24, 2.45) is 0 Å². The van der Waals surface area contributed by atoms with E-state index in [0.717, 1.165) is 97.6 Å². The van der Waals surface area contributed by atoms with Gasteiger partial charge < -0.3 is 38.6 Å². The topological polar surface area (TPSA) is 102 Å². The van der Waals surface area contributed by atoms with E-state index in [1.807, 2.05) is 42.5 Å². The maximum absolute atomic E-state index is 10.5. The molecule has 59 heavy (non-hydrogen) atoms. The van der Waals surface area contributed by atoms with Crippen molar-refractivity contribution in [1.29, 1.82) is 0 Å². The number of hydrogen-bond donors (Lipinski definition) is 1. The van der Waals surface area contributed by atoms with E-state index >= 15 is 0 Å². The van der Waals surface area contributed by atoms with Crippen LogP contribution in [0.15, 0.2) is 85.1 Å². The van der Waals surface area contributed by atoms with E-state index in [0.29, 0.717) is 23.9 Å². The lowest BCUT2D eigenvalue weighted by atomic mass is 9.87. The van der Waals surface area contributed by atoms with Crippen molar-refractivity contribution in [3.05, 3.63) is 90.6 Å². The molecule has 1 fully saturated rings. The van der Waals surface area contributed by atoms with E-state index in [1.54, 1.807) is 13.3 Å². The number of quaternary nitrogens is 1. The maximum Gasteiger partial charge on any atom is 0.163 e. The molecule has 9 heteroatoms. The number of carboxylic acid groups (broad SMARTS) is 1. The number of aromatic nitrogens is 1. The first-order valence-corrected chi connectivity index (χ1v) is 22.2. The number of fused-ring (bicyclic) bond motifs is 1. The van der Waals surface area contributed by atoms with Crippen molar-refractivity contribution in [3.63, 3.8) is 0 Å². The molecule has 0 bridgehead atoms. The second kappa shape index (κ2) is 23.9. The number of anilines is 2. The molecule has 0 radical (unpaired) electrons. The van der Waals surface area contributed by atoms with Crippen LogP contribution in [0.5, 0.6) is 23.0 Å². The quantitative estimate of drug-likeness (QED) is 0.0380. The molecule has 0 spiro atoms. The SMILES string of the molecule is COc1cc2c(Oc3ccc(Nc4ccc(C(C)(C)C)cc4)cc3)ccnc2cc1OCC[N+]1(CCCCCCCC/C=C\CCCCCCCC(=O)[O-])CCOCC1. The molecule has 320 valence electrons. The number of aliphatic carboxylic acids is 1. The van der Waals surface area contributed by atoms with Crippen molar-refractivity contribution in [3.8, 4) is 23.0 Å². The first-order chi connectivity index (χ1) is 28.6. The molecule has 1 aliphatic heterocycles. The number of morpholine rings is 1. The highest BCUT2D eigenvalue weighted by atomic mass is 16.5. The van der Waals surface area contributed by atoms with Gasteiger partial charge in [0.25, 0.3) is 0 Å². The molecule has 1 saturated heterocycles. The molecule has 9 nitrogen and oxygen atoms in total. The van der Waals surface area contributed by atoms with Crippen LogP contribution in [0.25, 0.3) is 10.9 Å². The highest BCUT2D eigenvalue weighted by Gasteiger charge is 2.30. The summed E-state index contributed by atoms with van der Waals surface area (Å²) < 4.78 is 25.5. The zero-order valence-corrected chi connectivity index (χ0v) is 36.3. The summed E-state index contributed by atoms with van der Waals surface area (Å²) in [6.45, 7) is 13.0. The van der Waals surface area contributed by atoms with Gasteiger partial charge >= 0.3 is 0 Å². The second-order valence-electron chi connectivity index (χ2n) is 17.2. The smallest absolute Gasteiger partial charge is 0.163 e. The van der Waals surface area contributed by atoms with Crippen LogP contribution in [0.4, 0.5) is 11.4 Å². The zero-order valence-electron chi connectivity index (χ0n) is 36.3. The van der Waals surface area contributed by atoms with Gasteiger partial charge in [0.05, 0.1) is 32.4 Å². The minimum Gasteiger partial charge on any atom is -0.550 e. The third-order valence-corrected chi connectivity index (χ3v) is 11.5. The number of methoxy groups -OCH3 is 1. The number of hydrogen-bond acceptors (Lipinski definition) is 8. The first-order valence-electron chi connectivity index (χ1n) is 22.2. The van der Waals surface area contributed by atoms with Crippen LogP contribution in [0.3, 0.4) is 0 Å². The Kier molecular flexibility index (Phi) is 18.4. The normalized spacial score (nSPS) is 14.1. The average Bonchev–Trinajstić information content (AvgIpc) is 3.22. The lowest BCUT2D eigenvalue weighted by Gasteiger charge is -2.41. The van der Waals surface area contributed by atoms with Crippen LogP contribution in [-0.4, -0.2) is 68.5 Å². The summed E-state index contributed by atoms with van der Waals surface area (Å²) in [4.78, 5) is 15.1. The number of carbonyl (C=O) groups is 1. The first kappa shape index (κ1) is 45.5. The monoisotopic (exact) mass is 808 g/mol. The van der Waals surface area contributed by atoms with Gasteiger partial charge in [-0.2, -0.15) is 0 Å². The molecule has 0 unspecified atom stereocenters. The van der Waals surface area contributed by atoms with E-state index in [1.165, 1.54) is 63.4 Å². The molecule has 5 rings (SSSR count). The fourth-order valence-corrected chi connectivity index (χ4v) is 7.80. The number of carboxylic acids is 1. The molecular weight excluding hydrogens is 739 g/mol. The van der Waals surface area contributed by atoms with Gasteiger partial charge in [0.1, 0.15) is 37.7 Å². The van der Waals surface area contributed by atoms with Crippen molar-refractivity contribution in [2.75, 3.05) is 58.4 Å². The Morgan fingerprint density at radius 1 is 0.763 bits per heavy atom. The van der Waals surface area contributed by atoms with Crippen molar-refractivity contribution in [2.45, 2.75) is 116 Å². The minimum atomic E-state index is -0.931. The Balaban J connectivity index is 1.03. The number of nitrogens with one attached hydrogen (secondary N) is 1. The standard InChI is InChI=1S/C50H69N3O6/c1-50(2,3)40-21-23-41(24-22-40)52-42-25-27-43(28-26-42)59-46-29-30-51-45-39-48(47(56-4)38-44(45)46)58-37-34-53(32-35-57-36-33-53)31-19-17-15-13-11-9-7-5-6-8-10-12-14-16-18-20-49(54)55/h5-6,21-30,38-39,52H,7-20,31-37H2,1-4H3/b6-5-. The number of unbranched alkanes of at least 4 members (excludes halogenated alkanes) is 11. The number of rotatable bonds is 26. The number of ether oxygens (including phenoxy) is 4. The molecule has 0 amide bonds. The molecule has 1 aromatic heterocycles. The van der Waals surface area contributed by atoms with Gasteiger partial charge in [-0.3, -0.25) is 4.98 Å². The van der Waals surface area contributed by atoms with E-state index in [-0.39, 0.29) is 11.8 Å². The highest BCUT2D eigenvalue weighted by molar-refractivity contribution is 5.88. The van der Waals surface area contributed by atoms with Crippen LogP contribution in [0.2, 0.25) is 0 Å². The highest BCUT2D eigenvalue weighted by Crippen LogP contribution is 2.37. The molecule has 4 aromatic rings. The Morgan fingerprint density at radius 3 is 2.00 bits per heavy atom. The number of benzene rings is 3. The number of allylic oxidation sites excluding steroid dienone is 2. The fourth-order valence-electron chi connectivity index (χ4n) is 7.80. The largest absolute Gasteiger partial charge is 0.550 e. The summed E-state index contributed by atoms with van der Waals surface area (Å²) in [5.74, 6) is 1.87. The van der Waals surface area contributed by atoms with Crippen LogP contribution >= 0.6 is 0 Å². The van der Waals surface area contributed by atoms with Gasteiger partial charge in [-0.05, 0) is 111 Å². The summed E-state index contributed by atoms with van der Waals surface area (Å²) in [5, 5.41) is 14.8. The van der Waals surface area contributed by atoms with Gasteiger partial charge in [0.2, 0.25) is 0 Å². The molecule has 3 aromatic carbocycles. The summed E-state index contributed by atoms with van der Waals surface area (Å²) >= 11 is 0. The number of pyridine rings is 1. The Hall–Kier alpha value is -4.60. The predicted octanol–water partition coefficient (Wildman–Crippen LogP) is 11.1. The molecule has 1 aliphatic rings. The van der Waals surface area contributed by atoms with Crippen molar-refractivity contribution < 1.29 is 33.3 Å². The van der Waals surface area contributed by atoms with Crippen LogP contribution < -0.4 is 24.6 Å². The van der Waals surface area contributed by atoms with E-state index in [2.05, 4.69) is 67.5 Å². The van der Waals surface area contributed by atoms with E-state index in [9.17, 15) is 9.90 Å². The van der Waals surface area contributed by atoms with Crippen LogP contribution in [0.1, 0.15) is 116 Å². The average molecular weight is 808 g/mol. The van der Waals surface area contributed by atoms with Crippen molar-refractivity contribution >= 4 is 28.2 Å². The maximum atomic E-state index is 10.5. The predicted molar refractivity (Wildman–Crippen MR) is 238 cm³/mol. The van der Waals surface area contributed by atoms with Crippen LogP contribution in [0, 0.1) is 0 Å². The van der Waals surface area contributed by atoms with E-state index < -0.39 is 5.97 Å². The molecule has 0 atom stereocenters. The van der Waals surface area contributed by atoms with Gasteiger partial charge in [-0.1, -0.05) is 83.6 Å². The third kappa shape index (κ3) is 15.5.